The largest absolute Gasteiger partial charge is 0.378 e. The van der Waals surface area contributed by atoms with Crippen LogP contribution in [-0.2, 0) is 9.53 Å². The lowest BCUT2D eigenvalue weighted by atomic mass is 10.3. The summed E-state index contributed by atoms with van der Waals surface area (Å²) in [4.78, 5) is 14.1. The van der Waals surface area contributed by atoms with Gasteiger partial charge in [0, 0.05) is 19.1 Å². The number of hydrogen-bond donors (Lipinski definition) is 1. The molecule has 2 aromatic rings. The number of nitrogens with one attached hydrogen (secondary N) is 1. The molecular weight excluding hydrogens is 338 g/mol. The zero-order chi connectivity index (χ0) is 17.6. The molecule has 0 bridgehead atoms. The van der Waals surface area contributed by atoms with Gasteiger partial charge in [-0.05, 0) is 26.0 Å². The predicted molar refractivity (Wildman–Crippen MR) is 98.4 cm³/mol. The van der Waals surface area contributed by atoms with E-state index in [0.29, 0.717) is 24.1 Å². The third-order valence-electron chi connectivity index (χ3n) is 3.71. The maximum Gasteiger partial charge on any atom is 0.232 e. The number of benzene rings is 1. The van der Waals surface area contributed by atoms with E-state index in [1.165, 1.54) is 11.8 Å². The number of hydrogen-bond acceptors (Lipinski definition) is 6. The molecule has 3 rings (SSSR count). The minimum atomic E-state index is -0.00414. The molecule has 1 aliphatic heterocycles. The average molecular weight is 361 g/mol. The quantitative estimate of drug-likeness (QED) is 0.790. The highest BCUT2D eigenvalue weighted by Gasteiger charge is 2.22. The van der Waals surface area contributed by atoms with Crippen molar-refractivity contribution in [3.8, 4) is 5.69 Å². The topological polar surface area (TPSA) is 72.3 Å². The Morgan fingerprint density at radius 1 is 1.24 bits per heavy atom. The smallest absolute Gasteiger partial charge is 0.232 e. The van der Waals surface area contributed by atoms with Crippen LogP contribution in [0.15, 0.2) is 35.5 Å². The fourth-order valence-electron chi connectivity index (χ4n) is 2.62. The van der Waals surface area contributed by atoms with E-state index in [0.717, 1.165) is 24.7 Å². The molecule has 2 heterocycles. The van der Waals surface area contributed by atoms with Gasteiger partial charge in [0.1, 0.15) is 0 Å². The molecule has 1 saturated heterocycles. The standard InChI is InChI=1S/C17H23N5O2S/c1-13(2)18-15(23)12-25-17-20-19-16(21-8-10-24-11-9-21)22(17)14-6-4-3-5-7-14/h3-7,13H,8-12H2,1-2H3,(H,18,23). The van der Waals surface area contributed by atoms with Crippen molar-refractivity contribution in [3.63, 3.8) is 0 Å². The Kier molecular flexibility index (Phi) is 5.93. The molecule has 1 fully saturated rings. The molecular formula is C17H23N5O2S. The number of aromatic nitrogens is 3. The van der Waals surface area contributed by atoms with Crippen LogP contribution in [0, 0.1) is 0 Å². The first kappa shape index (κ1) is 17.8. The van der Waals surface area contributed by atoms with E-state index in [9.17, 15) is 4.79 Å². The van der Waals surface area contributed by atoms with Crippen molar-refractivity contribution in [1.29, 1.82) is 0 Å². The number of nitrogens with zero attached hydrogens (tertiary/aromatic N) is 4. The molecule has 0 spiro atoms. The SMILES string of the molecule is CC(C)NC(=O)CSc1nnc(N2CCOCC2)n1-c1ccccc1. The van der Waals surface area contributed by atoms with Gasteiger partial charge >= 0.3 is 0 Å². The molecule has 25 heavy (non-hydrogen) atoms. The van der Waals surface area contributed by atoms with E-state index in [1.807, 2.05) is 48.7 Å². The van der Waals surface area contributed by atoms with Gasteiger partial charge < -0.3 is 15.0 Å². The fourth-order valence-corrected chi connectivity index (χ4v) is 3.38. The summed E-state index contributed by atoms with van der Waals surface area (Å²) in [5, 5.41) is 12.3. The highest BCUT2D eigenvalue weighted by molar-refractivity contribution is 7.99. The number of carbonyl (C=O) groups is 1. The van der Waals surface area contributed by atoms with Gasteiger partial charge in [0.2, 0.25) is 11.9 Å². The maximum absolute atomic E-state index is 12.0. The van der Waals surface area contributed by atoms with Crippen molar-refractivity contribution in [2.75, 3.05) is 37.0 Å². The summed E-state index contributed by atoms with van der Waals surface area (Å²) in [6.45, 7) is 6.83. The van der Waals surface area contributed by atoms with Gasteiger partial charge in [0.25, 0.3) is 0 Å². The summed E-state index contributed by atoms with van der Waals surface area (Å²) in [7, 11) is 0. The van der Waals surface area contributed by atoms with Crippen LogP contribution in [0.4, 0.5) is 5.95 Å². The Morgan fingerprint density at radius 3 is 2.64 bits per heavy atom. The van der Waals surface area contributed by atoms with E-state index >= 15 is 0 Å². The van der Waals surface area contributed by atoms with Gasteiger partial charge in [-0.15, -0.1) is 10.2 Å². The normalized spacial score (nSPS) is 14.8. The molecule has 0 radical (unpaired) electrons. The van der Waals surface area contributed by atoms with Gasteiger partial charge in [-0.25, -0.2) is 0 Å². The number of para-hydroxylation sites is 1. The van der Waals surface area contributed by atoms with Crippen molar-refractivity contribution in [3.05, 3.63) is 30.3 Å². The second-order valence-electron chi connectivity index (χ2n) is 6.06. The monoisotopic (exact) mass is 361 g/mol. The molecule has 0 aliphatic carbocycles. The van der Waals surface area contributed by atoms with E-state index in [-0.39, 0.29) is 11.9 Å². The Morgan fingerprint density at radius 2 is 1.96 bits per heavy atom. The number of morpholine rings is 1. The molecule has 0 unspecified atom stereocenters. The Hall–Kier alpha value is -2.06. The van der Waals surface area contributed by atoms with Crippen molar-refractivity contribution < 1.29 is 9.53 Å². The number of ether oxygens (including phenoxy) is 1. The van der Waals surface area contributed by atoms with E-state index < -0.39 is 0 Å². The van der Waals surface area contributed by atoms with Crippen LogP contribution < -0.4 is 10.2 Å². The van der Waals surface area contributed by atoms with Gasteiger partial charge in [0.15, 0.2) is 5.16 Å². The van der Waals surface area contributed by atoms with Crippen LogP contribution in [0.1, 0.15) is 13.8 Å². The molecule has 134 valence electrons. The molecule has 8 heteroatoms. The molecule has 0 atom stereocenters. The Bertz CT molecular complexity index is 698. The first-order valence-electron chi connectivity index (χ1n) is 8.41. The molecule has 1 aromatic heterocycles. The van der Waals surface area contributed by atoms with Crippen molar-refractivity contribution in [2.24, 2.45) is 0 Å². The molecule has 1 aliphatic rings. The number of amides is 1. The van der Waals surface area contributed by atoms with Gasteiger partial charge in [-0.3, -0.25) is 9.36 Å². The summed E-state index contributed by atoms with van der Waals surface area (Å²) >= 11 is 1.40. The number of carbonyl (C=O) groups excluding carboxylic acids is 1. The summed E-state index contributed by atoms with van der Waals surface area (Å²) in [5.74, 6) is 1.10. The van der Waals surface area contributed by atoms with E-state index in [4.69, 9.17) is 4.74 Å². The van der Waals surface area contributed by atoms with Crippen molar-refractivity contribution in [2.45, 2.75) is 25.0 Å². The second kappa shape index (κ2) is 8.35. The summed E-state index contributed by atoms with van der Waals surface area (Å²) in [6, 6.07) is 10.1. The molecule has 1 amide bonds. The zero-order valence-corrected chi connectivity index (χ0v) is 15.3. The lowest BCUT2D eigenvalue weighted by Crippen LogP contribution is -2.37. The first-order chi connectivity index (χ1) is 12.1. The second-order valence-corrected chi connectivity index (χ2v) is 7.01. The van der Waals surface area contributed by atoms with Crippen molar-refractivity contribution >= 4 is 23.6 Å². The van der Waals surface area contributed by atoms with Crippen LogP contribution >= 0.6 is 11.8 Å². The summed E-state index contributed by atoms with van der Waals surface area (Å²) in [5.41, 5.74) is 0.987. The van der Waals surface area contributed by atoms with Crippen LogP contribution in [0.5, 0.6) is 0 Å². The van der Waals surface area contributed by atoms with E-state index in [2.05, 4.69) is 20.4 Å². The Labute approximate surface area is 151 Å². The lowest BCUT2D eigenvalue weighted by Gasteiger charge is -2.27. The Balaban J connectivity index is 1.85. The van der Waals surface area contributed by atoms with Gasteiger partial charge in [0.05, 0.1) is 24.7 Å². The lowest BCUT2D eigenvalue weighted by molar-refractivity contribution is -0.119. The maximum atomic E-state index is 12.0. The predicted octanol–water partition coefficient (Wildman–Crippen LogP) is 1.72. The highest BCUT2D eigenvalue weighted by Crippen LogP contribution is 2.27. The molecule has 0 saturated carbocycles. The molecule has 1 aromatic carbocycles. The molecule has 7 nitrogen and oxygen atoms in total. The minimum absolute atomic E-state index is 0.00414. The van der Waals surface area contributed by atoms with Crippen LogP contribution in [0.25, 0.3) is 5.69 Å². The summed E-state index contributed by atoms with van der Waals surface area (Å²) in [6.07, 6.45) is 0. The van der Waals surface area contributed by atoms with Gasteiger partial charge in [-0.1, -0.05) is 30.0 Å². The minimum Gasteiger partial charge on any atom is -0.378 e. The van der Waals surface area contributed by atoms with Crippen LogP contribution in [0.3, 0.4) is 0 Å². The average Bonchev–Trinajstić information content (AvgIpc) is 3.05. The third kappa shape index (κ3) is 4.52. The fraction of sp³-hybridized carbons (Fsp3) is 0.471. The van der Waals surface area contributed by atoms with Crippen molar-refractivity contribution in [1.82, 2.24) is 20.1 Å². The van der Waals surface area contributed by atoms with Gasteiger partial charge in [-0.2, -0.15) is 0 Å². The molecule has 1 N–H and O–H groups in total. The van der Waals surface area contributed by atoms with E-state index in [1.54, 1.807) is 0 Å². The number of thioether (sulfide) groups is 1. The van der Waals surface area contributed by atoms with Crippen LogP contribution in [-0.4, -0.2) is 58.8 Å². The van der Waals surface area contributed by atoms with Crippen LogP contribution in [0.2, 0.25) is 0 Å². The first-order valence-corrected chi connectivity index (χ1v) is 9.39. The number of rotatable bonds is 6. The number of anilines is 1. The summed E-state index contributed by atoms with van der Waals surface area (Å²) < 4.78 is 7.44. The third-order valence-corrected chi connectivity index (χ3v) is 4.64. The highest BCUT2D eigenvalue weighted by atomic mass is 32.2. The zero-order valence-electron chi connectivity index (χ0n) is 14.5.